The molecule has 0 N–H and O–H groups in total. The summed E-state index contributed by atoms with van der Waals surface area (Å²) in [6.07, 6.45) is 0. The SMILES string of the molecule is [Tb].[Tb].[Tb].[Tb].[Tb].[Tb].[Tb].[Tb].[Tb].[Tb].[Tb].[Tb].[Tb].[Tb].[Tb].[Tb].[Tb].[Tb].[Tb].[Tb].[Tb].[Tb].[Tb].[Tb].[Tb].[Tb].[Tb].[Tb].[Tb].[Tb].[Tb].[Tb].[Tb].[Tb].[Tb].[Tb].[Tb].[Tb].[Tb].[Tb].[Tb].[Tb].[Tb].[Tb].[Tb].[Tb].[Tb].[Tb].[Tb].[Tb].[Tb].[Tb].[Tb].[Tb].[Tb]. The number of rotatable bonds is 0. The maximum atomic E-state index is 0. The van der Waals surface area contributed by atoms with E-state index in [-0.39, 0.29) is 2120 Å². The molecule has 0 aromatic heterocycles. The van der Waals surface area contributed by atoms with Gasteiger partial charge >= 0.3 is 0 Å². The van der Waals surface area contributed by atoms with Gasteiger partial charge < -0.3 is 0 Å². The molecule has 55 heavy (non-hydrogen) atoms. The minimum Gasteiger partial charge on any atom is 0 e. The molecule has 0 aliphatic carbocycles. The summed E-state index contributed by atoms with van der Waals surface area (Å²) in [5.41, 5.74) is 0. The van der Waals surface area contributed by atoms with Crippen molar-refractivity contribution in [1.82, 2.24) is 0 Å². The smallest absolute Gasteiger partial charge is 0 e. The third-order valence-corrected chi connectivity index (χ3v) is 0. The quantitative estimate of drug-likeness (QED) is 0.321. The van der Waals surface area contributed by atoms with Gasteiger partial charge in [-0.05, 0) is 0 Å². The zero-order valence-electron chi connectivity index (χ0n) is 18.3. The van der Waals surface area contributed by atoms with Gasteiger partial charge in [0.1, 0.15) is 0 Å². The third-order valence-electron chi connectivity index (χ3n) is 0. The van der Waals surface area contributed by atoms with Gasteiger partial charge in [0, 0.05) is 2120 Å². The fourth-order valence-electron chi connectivity index (χ4n) is 0. The standard InChI is InChI=1S/55Tb. The van der Waals surface area contributed by atoms with Gasteiger partial charge in [0.2, 0.25) is 0 Å². The zero-order valence-corrected chi connectivity index (χ0v) is 136. The van der Waals surface area contributed by atoms with Gasteiger partial charge in [-0.15, -0.1) is 0 Å². The van der Waals surface area contributed by atoms with Crippen LogP contribution in [0.5, 0.6) is 0 Å². The number of hydrogen-bond acceptors (Lipinski definition) is 0. The van der Waals surface area contributed by atoms with Gasteiger partial charge in [-0.1, -0.05) is 0 Å². The largest absolute Gasteiger partial charge is 0 e. The molecule has 0 saturated heterocycles. The van der Waals surface area contributed by atoms with Gasteiger partial charge in [0.25, 0.3) is 0 Å². The van der Waals surface area contributed by atoms with Gasteiger partial charge in [-0.3, -0.25) is 0 Å². The van der Waals surface area contributed by atoms with Crippen LogP contribution in [-0.4, -0.2) is 0 Å². The van der Waals surface area contributed by atoms with Crippen molar-refractivity contribution in [3.63, 3.8) is 0 Å². The summed E-state index contributed by atoms with van der Waals surface area (Å²) in [6.45, 7) is 0. The van der Waals surface area contributed by atoms with Crippen LogP contribution in [0.25, 0.3) is 0 Å². The van der Waals surface area contributed by atoms with E-state index in [1.54, 1.807) is 0 Å². The molecule has 55 radical (unpaired) electrons. The minimum atomic E-state index is 0. The van der Waals surface area contributed by atoms with E-state index in [0.717, 1.165) is 0 Å². The van der Waals surface area contributed by atoms with Crippen molar-refractivity contribution in [3.8, 4) is 0 Å². The Bertz CT molecular complexity index is 0. The topological polar surface area (TPSA) is 0 Å². The van der Waals surface area contributed by atoms with Gasteiger partial charge in [0.15, 0.2) is 0 Å². The van der Waals surface area contributed by atoms with Crippen molar-refractivity contribution in [2.75, 3.05) is 0 Å². The minimum absolute atomic E-state index is 0. The van der Waals surface area contributed by atoms with E-state index in [1.165, 1.54) is 0 Å². The predicted molar refractivity (Wildman–Crippen MR) is 0 cm³/mol. The summed E-state index contributed by atoms with van der Waals surface area (Å²) in [5, 5.41) is 0. The fourth-order valence-corrected chi connectivity index (χ4v) is 0. The molecular formula is Tb55. The maximum absolute atomic E-state index is 0. The Morgan fingerprint density at radius 2 is 0.0182 bits per heavy atom. The van der Waals surface area contributed by atoms with Gasteiger partial charge in [-0.25, -0.2) is 0 Å². The Kier molecular flexibility index (Phi) is 2710. The Balaban J connectivity index is 0. The van der Waals surface area contributed by atoms with E-state index in [9.17, 15) is 0 Å². The molecule has 0 unspecified atom stereocenters. The molecule has 0 nitrogen and oxygen atoms in total. The van der Waals surface area contributed by atoms with Crippen LogP contribution in [0.1, 0.15) is 0 Å². The van der Waals surface area contributed by atoms with Crippen LogP contribution in [-0.2, 0) is 0 Å². The van der Waals surface area contributed by atoms with Crippen molar-refractivity contribution >= 4 is 0 Å². The van der Waals surface area contributed by atoms with E-state index in [4.69, 9.17) is 0 Å². The maximum Gasteiger partial charge on any atom is 0 e. The van der Waals surface area contributed by atoms with Crippen LogP contribution in [0.2, 0.25) is 0 Å². The summed E-state index contributed by atoms with van der Waals surface area (Å²) in [4.78, 5) is 0. The van der Waals surface area contributed by atoms with Crippen LogP contribution < -0.4 is 0 Å². The predicted octanol–water partition coefficient (Wildman–Crippen LogP) is 0. The molecular weight excluding hydrogens is 8740 g/mol. The molecule has 0 bridgehead atoms. The molecule has 0 aliphatic rings. The first-order valence-corrected chi connectivity index (χ1v) is 0. The molecule has 0 fully saturated rings. The van der Waals surface area contributed by atoms with E-state index in [0.29, 0.717) is 0 Å². The Morgan fingerprint density at radius 3 is 0.0182 bits per heavy atom. The summed E-state index contributed by atoms with van der Waals surface area (Å²) in [6, 6.07) is 0. The Labute approximate surface area is 2030 Å². The van der Waals surface area contributed by atoms with Crippen molar-refractivity contribution in [2.24, 2.45) is 0 Å². The van der Waals surface area contributed by atoms with E-state index < -0.39 is 0 Å². The monoisotopic (exact) mass is 8740 g/mol. The summed E-state index contributed by atoms with van der Waals surface area (Å²) < 4.78 is 0. The number of hydrogen-bond donors (Lipinski definition) is 0. The molecule has 0 heterocycles. The molecule has 0 atom stereocenters. The van der Waals surface area contributed by atoms with Crippen molar-refractivity contribution in [3.05, 3.63) is 0 Å². The van der Waals surface area contributed by atoms with Crippen LogP contribution in [0.15, 0.2) is 0 Å². The van der Waals surface area contributed by atoms with Gasteiger partial charge in [-0.2, -0.15) is 0 Å². The van der Waals surface area contributed by atoms with Gasteiger partial charge in [0.05, 0.1) is 0 Å². The molecule has 0 saturated carbocycles. The summed E-state index contributed by atoms with van der Waals surface area (Å²) in [7, 11) is 0. The molecule has 495 valence electrons. The third kappa shape index (κ3) is 376. The van der Waals surface area contributed by atoms with E-state index >= 15 is 0 Å². The Hall–Kier alpha value is 70.7. The fraction of sp³-hybridized carbons (Fsp3) is 0. The van der Waals surface area contributed by atoms with E-state index in [1.807, 2.05) is 0 Å². The van der Waals surface area contributed by atoms with Crippen molar-refractivity contribution in [1.29, 1.82) is 0 Å². The average molecular weight is 8740 g/mol. The molecule has 55 heteroatoms. The second kappa shape index (κ2) is 382. The first-order valence-electron chi connectivity index (χ1n) is 0. The van der Waals surface area contributed by atoms with Crippen LogP contribution in [0, 0.1) is 2120 Å². The molecule has 0 spiro atoms. The normalized spacial score (nSPS) is 0. The average Bonchev–Trinajstić information content (AvgIpc) is 0. The second-order valence-corrected chi connectivity index (χ2v) is 0. The summed E-state index contributed by atoms with van der Waals surface area (Å²) >= 11 is 0. The molecule has 0 rings (SSSR count). The first-order chi connectivity index (χ1) is 0. The zero-order chi connectivity index (χ0) is 0. The van der Waals surface area contributed by atoms with E-state index in [2.05, 4.69) is 0 Å². The molecule has 0 amide bonds. The molecule has 0 aromatic rings. The first kappa shape index (κ1) is 391. The molecule has 0 aliphatic heterocycles. The van der Waals surface area contributed by atoms with Crippen LogP contribution >= 0.6 is 0 Å². The second-order valence-electron chi connectivity index (χ2n) is 0. The van der Waals surface area contributed by atoms with Crippen LogP contribution in [0.3, 0.4) is 0 Å². The van der Waals surface area contributed by atoms with Crippen molar-refractivity contribution in [2.45, 2.75) is 0 Å². The molecule has 0 aromatic carbocycles. The van der Waals surface area contributed by atoms with Crippen LogP contribution in [0.4, 0.5) is 0 Å². The Morgan fingerprint density at radius 1 is 0.0182 bits per heavy atom. The van der Waals surface area contributed by atoms with Crippen molar-refractivity contribution < 1.29 is 2120 Å². The summed E-state index contributed by atoms with van der Waals surface area (Å²) in [5.74, 6) is 0.